The van der Waals surface area contributed by atoms with Crippen LogP contribution in [0.15, 0.2) is 60.7 Å². The predicted octanol–water partition coefficient (Wildman–Crippen LogP) is 2.94. The molecule has 22 heavy (non-hydrogen) atoms. The van der Waals surface area contributed by atoms with Gasteiger partial charge in [0.25, 0.3) is 8.32 Å². The molecule has 2 aromatic carbocycles. The lowest BCUT2D eigenvalue weighted by Crippen LogP contribution is -2.65. The van der Waals surface area contributed by atoms with Gasteiger partial charge in [-0.2, -0.15) is 0 Å². The average molecular weight is 315 g/mol. The number of rotatable bonds is 5. The molecule has 118 valence electrons. The van der Waals surface area contributed by atoms with Crippen molar-refractivity contribution in [1.82, 2.24) is 0 Å². The van der Waals surface area contributed by atoms with E-state index in [2.05, 4.69) is 30.8 Å². The zero-order valence-electron chi connectivity index (χ0n) is 14.1. The second-order valence-electron chi connectivity index (χ2n) is 6.94. The molecule has 0 saturated carbocycles. The Hall–Kier alpha value is -1.42. The van der Waals surface area contributed by atoms with E-state index in [0.29, 0.717) is 0 Å². The van der Waals surface area contributed by atoms with Gasteiger partial charge in [-0.05, 0) is 44.6 Å². The van der Waals surface area contributed by atoms with Crippen molar-refractivity contribution in [3.63, 3.8) is 0 Å². The van der Waals surface area contributed by atoms with E-state index in [1.807, 2.05) is 50.2 Å². The molecule has 0 bridgehead atoms. The van der Waals surface area contributed by atoms with Crippen molar-refractivity contribution in [2.45, 2.75) is 45.4 Å². The van der Waals surface area contributed by atoms with Crippen LogP contribution in [0, 0.1) is 0 Å². The van der Waals surface area contributed by atoms with Crippen molar-refractivity contribution in [2.75, 3.05) is 0 Å². The Labute approximate surface area is 134 Å². The van der Waals surface area contributed by atoms with Crippen LogP contribution in [-0.2, 0) is 4.43 Å². The highest BCUT2D eigenvalue weighted by molar-refractivity contribution is 6.96. The molecule has 0 fully saturated rings. The standard InChI is InChI=1S/C19H26O2Si/c1-18(2,20)19(3,4)21-22(5,16-12-8-6-9-13-16)17-14-10-7-11-15-17/h6-15,20H,1-5H3. The van der Waals surface area contributed by atoms with Gasteiger partial charge >= 0.3 is 0 Å². The summed E-state index contributed by atoms with van der Waals surface area (Å²) in [4.78, 5) is 0. The smallest absolute Gasteiger partial charge is 0.253 e. The lowest BCUT2D eigenvalue weighted by Gasteiger charge is -2.44. The fourth-order valence-corrected chi connectivity index (χ4v) is 5.93. The second-order valence-corrected chi connectivity index (χ2v) is 10.4. The van der Waals surface area contributed by atoms with Crippen LogP contribution in [0.4, 0.5) is 0 Å². The highest BCUT2D eigenvalue weighted by atomic mass is 28.4. The van der Waals surface area contributed by atoms with Gasteiger partial charge in [0, 0.05) is 0 Å². The van der Waals surface area contributed by atoms with Gasteiger partial charge in [0.2, 0.25) is 0 Å². The molecular formula is C19H26O2Si. The van der Waals surface area contributed by atoms with Gasteiger partial charge in [-0.1, -0.05) is 60.7 Å². The Morgan fingerprint density at radius 3 is 1.45 bits per heavy atom. The summed E-state index contributed by atoms with van der Waals surface area (Å²) >= 11 is 0. The summed E-state index contributed by atoms with van der Waals surface area (Å²) < 4.78 is 6.65. The molecule has 0 heterocycles. The molecule has 2 aromatic rings. The maximum atomic E-state index is 10.5. The van der Waals surface area contributed by atoms with Crippen LogP contribution in [0.5, 0.6) is 0 Å². The molecule has 3 heteroatoms. The molecule has 0 aromatic heterocycles. The topological polar surface area (TPSA) is 29.5 Å². The Bertz CT molecular complexity index is 561. The highest BCUT2D eigenvalue weighted by Gasteiger charge is 2.45. The molecular weight excluding hydrogens is 288 g/mol. The molecule has 0 aliphatic carbocycles. The van der Waals surface area contributed by atoms with Gasteiger partial charge in [-0.25, -0.2) is 0 Å². The van der Waals surface area contributed by atoms with Crippen LogP contribution in [0.3, 0.4) is 0 Å². The fraction of sp³-hybridized carbons (Fsp3) is 0.368. The molecule has 0 unspecified atom stereocenters. The summed E-state index contributed by atoms with van der Waals surface area (Å²) in [6, 6.07) is 20.7. The minimum atomic E-state index is -2.41. The maximum absolute atomic E-state index is 10.5. The third kappa shape index (κ3) is 3.32. The van der Waals surface area contributed by atoms with Crippen LogP contribution >= 0.6 is 0 Å². The molecule has 1 N–H and O–H groups in total. The van der Waals surface area contributed by atoms with E-state index in [-0.39, 0.29) is 0 Å². The zero-order valence-corrected chi connectivity index (χ0v) is 15.1. The Morgan fingerprint density at radius 2 is 1.14 bits per heavy atom. The maximum Gasteiger partial charge on any atom is 0.253 e. The van der Waals surface area contributed by atoms with E-state index < -0.39 is 19.5 Å². The van der Waals surface area contributed by atoms with E-state index >= 15 is 0 Å². The number of aliphatic hydroxyl groups is 1. The largest absolute Gasteiger partial charge is 0.400 e. The first-order chi connectivity index (χ1) is 10.2. The van der Waals surface area contributed by atoms with Crippen LogP contribution in [0.1, 0.15) is 27.7 Å². The van der Waals surface area contributed by atoms with E-state index in [1.54, 1.807) is 13.8 Å². The van der Waals surface area contributed by atoms with Crippen molar-refractivity contribution >= 4 is 18.7 Å². The second kappa shape index (κ2) is 5.99. The van der Waals surface area contributed by atoms with E-state index in [4.69, 9.17) is 4.43 Å². The average Bonchev–Trinajstić information content (AvgIpc) is 2.47. The van der Waals surface area contributed by atoms with Crippen molar-refractivity contribution in [2.24, 2.45) is 0 Å². The third-order valence-electron chi connectivity index (χ3n) is 4.58. The summed E-state index contributed by atoms with van der Waals surface area (Å²) in [7, 11) is -2.41. The molecule has 2 rings (SSSR count). The molecule has 0 spiro atoms. The zero-order chi connectivity index (χ0) is 16.4. The Kier molecular flexibility index (Phi) is 4.61. The van der Waals surface area contributed by atoms with Gasteiger partial charge in [-0.3, -0.25) is 0 Å². The molecule has 0 aliphatic heterocycles. The first-order valence-corrected chi connectivity index (χ1v) is 10.1. The normalized spacial score (nSPS) is 13.2. The summed E-state index contributed by atoms with van der Waals surface area (Å²) in [6.07, 6.45) is 0. The molecule has 0 aliphatic rings. The molecule has 0 saturated heterocycles. The molecule has 0 atom stereocenters. The van der Waals surface area contributed by atoms with Crippen molar-refractivity contribution in [1.29, 1.82) is 0 Å². The number of benzene rings is 2. The van der Waals surface area contributed by atoms with Gasteiger partial charge in [0.15, 0.2) is 0 Å². The molecule has 0 amide bonds. The summed E-state index contributed by atoms with van der Waals surface area (Å²) in [6.45, 7) is 9.73. The number of hydrogen-bond donors (Lipinski definition) is 1. The van der Waals surface area contributed by atoms with Crippen molar-refractivity contribution in [3.05, 3.63) is 60.7 Å². The first kappa shape index (κ1) is 16.9. The summed E-state index contributed by atoms with van der Waals surface area (Å²) in [5, 5.41) is 12.9. The first-order valence-electron chi connectivity index (χ1n) is 7.70. The van der Waals surface area contributed by atoms with Gasteiger partial charge in [0.05, 0.1) is 11.2 Å². The van der Waals surface area contributed by atoms with Gasteiger partial charge in [-0.15, -0.1) is 0 Å². The predicted molar refractivity (Wildman–Crippen MR) is 95.2 cm³/mol. The summed E-state index contributed by atoms with van der Waals surface area (Å²) in [5.41, 5.74) is -1.58. The highest BCUT2D eigenvalue weighted by Crippen LogP contribution is 2.28. The monoisotopic (exact) mass is 314 g/mol. The molecule has 0 radical (unpaired) electrons. The Balaban J connectivity index is 2.53. The van der Waals surface area contributed by atoms with Crippen molar-refractivity contribution in [3.8, 4) is 0 Å². The van der Waals surface area contributed by atoms with Crippen LogP contribution in [0.25, 0.3) is 0 Å². The Morgan fingerprint density at radius 1 is 0.773 bits per heavy atom. The lowest BCUT2D eigenvalue weighted by molar-refractivity contribution is -0.0939. The number of hydrogen-bond acceptors (Lipinski definition) is 2. The van der Waals surface area contributed by atoms with Crippen LogP contribution < -0.4 is 10.4 Å². The molecule has 2 nitrogen and oxygen atoms in total. The van der Waals surface area contributed by atoms with Gasteiger partial charge in [0.1, 0.15) is 0 Å². The SMILES string of the molecule is CC(C)(O)C(C)(C)O[Si](C)(c1ccccc1)c1ccccc1. The van der Waals surface area contributed by atoms with Crippen LogP contribution in [-0.4, -0.2) is 24.6 Å². The van der Waals surface area contributed by atoms with E-state index in [1.165, 1.54) is 10.4 Å². The van der Waals surface area contributed by atoms with E-state index in [9.17, 15) is 5.11 Å². The quantitative estimate of drug-likeness (QED) is 0.860. The third-order valence-corrected chi connectivity index (χ3v) is 8.37. The van der Waals surface area contributed by atoms with Gasteiger partial charge < -0.3 is 9.53 Å². The summed E-state index contributed by atoms with van der Waals surface area (Å²) in [5.74, 6) is 0. The minimum absolute atomic E-state index is 0.653. The van der Waals surface area contributed by atoms with Crippen molar-refractivity contribution < 1.29 is 9.53 Å². The lowest BCUT2D eigenvalue weighted by atomic mass is 9.90. The minimum Gasteiger partial charge on any atom is -0.400 e. The van der Waals surface area contributed by atoms with Crippen LogP contribution in [0.2, 0.25) is 6.55 Å². The van der Waals surface area contributed by atoms with E-state index in [0.717, 1.165) is 0 Å². The fourth-order valence-electron chi connectivity index (χ4n) is 2.43.